The maximum Gasteiger partial charge on any atom is 0.285 e. The summed E-state index contributed by atoms with van der Waals surface area (Å²) in [5.74, 6) is -0.318. The summed E-state index contributed by atoms with van der Waals surface area (Å²) in [7, 11) is 0. The number of amides is 1. The molecule has 108 valence electrons. The molecule has 0 bridgehead atoms. The van der Waals surface area contributed by atoms with E-state index in [1.165, 1.54) is 0 Å². The van der Waals surface area contributed by atoms with Crippen LogP contribution < -0.4 is 16.2 Å². The monoisotopic (exact) mass is 280 g/mol. The molecule has 20 heavy (non-hydrogen) atoms. The normalized spacial score (nSPS) is 18.5. The third-order valence-electron chi connectivity index (χ3n) is 3.15. The van der Waals surface area contributed by atoms with Gasteiger partial charge in [0.2, 0.25) is 5.91 Å². The largest absolute Gasteiger partial charge is 0.351 e. The van der Waals surface area contributed by atoms with Gasteiger partial charge in [0, 0.05) is 24.7 Å². The Labute approximate surface area is 114 Å². The number of aromatic nitrogens is 1. The Bertz CT molecular complexity index is 563. The van der Waals surface area contributed by atoms with Crippen molar-refractivity contribution in [2.75, 3.05) is 13.1 Å². The lowest BCUT2D eigenvalue weighted by atomic mass is 10.1. The highest BCUT2D eigenvalue weighted by Crippen LogP contribution is 2.06. The molecule has 0 aliphatic carbocycles. The Hall–Kier alpha value is -2.22. The zero-order chi connectivity index (χ0) is 14.5. The molecule has 1 fully saturated rings. The molecule has 0 saturated carbocycles. The standard InChI is InChI=1S/C12H16N4O4/c17-11(14-9-2-1-5-13-6-9)8-15-7-10(16(19)20)3-4-12(15)18/h3-4,7,9,13H,1-2,5-6,8H2,(H,14,17)/t9-/m0/s1. The van der Waals surface area contributed by atoms with E-state index in [0.717, 1.165) is 42.3 Å². The minimum atomic E-state index is -0.598. The van der Waals surface area contributed by atoms with Crippen molar-refractivity contribution in [3.8, 4) is 0 Å². The number of piperidine rings is 1. The van der Waals surface area contributed by atoms with Crippen molar-refractivity contribution in [1.29, 1.82) is 0 Å². The fourth-order valence-corrected chi connectivity index (χ4v) is 2.15. The summed E-state index contributed by atoms with van der Waals surface area (Å²) in [5, 5.41) is 16.6. The molecule has 1 saturated heterocycles. The molecule has 8 nitrogen and oxygen atoms in total. The summed E-state index contributed by atoms with van der Waals surface area (Å²) < 4.78 is 1.05. The Balaban J connectivity index is 2.01. The minimum Gasteiger partial charge on any atom is -0.351 e. The van der Waals surface area contributed by atoms with Gasteiger partial charge in [-0.15, -0.1) is 0 Å². The zero-order valence-electron chi connectivity index (χ0n) is 10.9. The van der Waals surface area contributed by atoms with Crippen LogP contribution in [0.3, 0.4) is 0 Å². The van der Waals surface area contributed by atoms with E-state index in [-0.39, 0.29) is 24.2 Å². The topological polar surface area (TPSA) is 106 Å². The SMILES string of the molecule is O=C(Cn1cc([N+](=O)[O-])ccc1=O)N[C@H]1CCCNC1. The molecule has 0 spiro atoms. The molecule has 1 atom stereocenters. The Morgan fingerprint density at radius 1 is 1.55 bits per heavy atom. The first kappa shape index (κ1) is 14.2. The molecule has 2 rings (SSSR count). The summed E-state index contributed by atoms with van der Waals surface area (Å²) in [6.07, 6.45) is 2.96. The average Bonchev–Trinajstić information content (AvgIpc) is 2.42. The van der Waals surface area contributed by atoms with Gasteiger partial charge in [-0.25, -0.2) is 0 Å². The number of hydrogen-bond donors (Lipinski definition) is 2. The molecule has 1 aliphatic rings. The van der Waals surface area contributed by atoms with Crippen LogP contribution in [0.2, 0.25) is 0 Å². The molecular weight excluding hydrogens is 264 g/mol. The second-order valence-electron chi connectivity index (χ2n) is 4.72. The van der Waals surface area contributed by atoms with E-state index in [9.17, 15) is 19.7 Å². The van der Waals surface area contributed by atoms with Crippen LogP contribution in [-0.4, -0.2) is 34.5 Å². The second kappa shape index (κ2) is 6.29. The van der Waals surface area contributed by atoms with E-state index < -0.39 is 10.5 Å². The van der Waals surface area contributed by atoms with E-state index in [1.807, 2.05) is 0 Å². The second-order valence-corrected chi connectivity index (χ2v) is 4.72. The highest BCUT2D eigenvalue weighted by molar-refractivity contribution is 5.76. The van der Waals surface area contributed by atoms with Gasteiger partial charge in [0.05, 0.1) is 11.1 Å². The highest BCUT2D eigenvalue weighted by atomic mass is 16.6. The van der Waals surface area contributed by atoms with Crippen LogP contribution >= 0.6 is 0 Å². The first-order valence-corrected chi connectivity index (χ1v) is 6.41. The van der Waals surface area contributed by atoms with E-state index >= 15 is 0 Å². The van der Waals surface area contributed by atoms with Gasteiger partial charge >= 0.3 is 0 Å². The van der Waals surface area contributed by atoms with Crippen LogP contribution in [0.25, 0.3) is 0 Å². The van der Waals surface area contributed by atoms with Crippen LogP contribution in [0.4, 0.5) is 5.69 Å². The molecule has 0 aromatic carbocycles. The maximum absolute atomic E-state index is 11.8. The van der Waals surface area contributed by atoms with Crippen molar-refractivity contribution in [3.05, 3.63) is 38.8 Å². The Kier molecular flexibility index (Phi) is 4.46. The molecule has 8 heteroatoms. The van der Waals surface area contributed by atoms with Crippen molar-refractivity contribution in [1.82, 2.24) is 15.2 Å². The van der Waals surface area contributed by atoms with Gasteiger partial charge in [0.25, 0.3) is 11.2 Å². The van der Waals surface area contributed by atoms with Gasteiger partial charge in [-0.05, 0) is 19.4 Å². The predicted molar refractivity (Wildman–Crippen MR) is 71.4 cm³/mol. The number of rotatable bonds is 4. The number of nitrogens with zero attached hydrogens (tertiary/aromatic N) is 2. The minimum absolute atomic E-state index is 0.0469. The Morgan fingerprint density at radius 3 is 3.00 bits per heavy atom. The summed E-state index contributed by atoms with van der Waals surface area (Å²) in [4.78, 5) is 33.5. The van der Waals surface area contributed by atoms with Gasteiger partial charge in [-0.3, -0.25) is 24.3 Å². The lowest BCUT2D eigenvalue weighted by molar-refractivity contribution is -0.385. The smallest absolute Gasteiger partial charge is 0.285 e. The first-order chi connectivity index (χ1) is 9.56. The molecule has 1 aliphatic heterocycles. The van der Waals surface area contributed by atoms with Gasteiger partial charge in [-0.1, -0.05) is 0 Å². The third kappa shape index (κ3) is 3.64. The van der Waals surface area contributed by atoms with E-state index in [1.54, 1.807) is 0 Å². The molecule has 1 aromatic rings. The number of nitro groups is 1. The quantitative estimate of drug-likeness (QED) is 0.578. The number of pyridine rings is 1. The lowest BCUT2D eigenvalue weighted by Gasteiger charge is -2.23. The van der Waals surface area contributed by atoms with Crippen LogP contribution in [0.15, 0.2) is 23.1 Å². The number of carbonyl (C=O) groups excluding carboxylic acids is 1. The van der Waals surface area contributed by atoms with Crippen LogP contribution in [0.5, 0.6) is 0 Å². The molecule has 2 heterocycles. The van der Waals surface area contributed by atoms with Crippen LogP contribution in [0, 0.1) is 10.1 Å². The van der Waals surface area contributed by atoms with E-state index in [2.05, 4.69) is 10.6 Å². The van der Waals surface area contributed by atoms with Crippen molar-refractivity contribution < 1.29 is 9.72 Å². The van der Waals surface area contributed by atoms with Crippen molar-refractivity contribution in [2.24, 2.45) is 0 Å². The molecule has 0 unspecified atom stereocenters. The molecule has 2 N–H and O–H groups in total. The average molecular weight is 280 g/mol. The molecule has 1 aromatic heterocycles. The van der Waals surface area contributed by atoms with Crippen molar-refractivity contribution in [2.45, 2.75) is 25.4 Å². The Morgan fingerprint density at radius 2 is 2.35 bits per heavy atom. The molecule has 0 radical (unpaired) electrons. The first-order valence-electron chi connectivity index (χ1n) is 6.41. The lowest BCUT2D eigenvalue weighted by Crippen LogP contribution is -2.47. The van der Waals surface area contributed by atoms with Gasteiger partial charge in [0.15, 0.2) is 0 Å². The fraction of sp³-hybridized carbons (Fsp3) is 0.500. The summed E-state index contributed by atoms with van der Waals surface area (Å²) in [6.45, 7) is 1.43. The molecule has 1 amide bonds. The maximum atomic E-state index is 11.8. The van der Waals surface area contributed by atoms with E-state index in [0.29, 0.717) is 6.54 Å². The summed E-state index contributed by atoms with van der Waals surface area (Å²) >= 11 is 0. The predicted octanol–water partition coefficient (Wildman–Crippen LogP) is -0.375. The van der Waals surface area contributed by atoms with Crippen molar-refractivity contribution >= 4 is 11.6 Å². The zero-order valence-corrected chi connectivity index (χ0v) is 10.9. The summed E-state index contributed by atoms with van der Waals surface area (Å²) in [5.41, 5.74) is -0.649. The number of carbonyl (C=O) groups is 1. The van der Waals surface area contributed by atoms with Crippen molar-refractivity contribution in [3.63, 3.8) is 0 Å². The van der Waals surface area contributed by atoms with Gasteiger partial charge in [-0.2, -0.15) is 0 Å². The third-order valence-corrected chi connectivity index (χ3v) is 3.15. The van der Waals surface area contributed by atoms with Gasteiger partial charge < -0.3 is 10.6 Å². The van der Waals surface area contributed by atoms with Crippen LogP contribution in [0.1, 0.15) is 12.8 Å². The number of hydrogen-bond acceptors (Lipinski definition) is 5. The number of nitrogens with one attached hydrogen (secondary N) is 2. The van der Waals surface area contributed by atoms with E-state index in [4.69, 9.17) is 0 Å². The van der Waals surface area contributed by atoms with Crippen LogP contribution in [-0.2, 0) is 11.3 Å². The fourth-order valence-electron chi connectivity index (χ4n) is 2.15. The highest BCUT2D eigenvalue weighted by Gasteiger charge is 2.16. The van der Waals surface area contributed by atoms with Gasteiger partial charge in [0.1, 0.15) is 6.54 Å². The summed E-state index contributed by atoms with van der Waals surface area (Å²) in [6, 6.07) is 2.26. The molecular formula is C12H16N4O4.